The van der Waals surface area contributed by atoms with Crippen molar-refractivity contribution in [2.24, 2.45) is 23.7 Å². The van der Waals surface area contributed by atoms with E-state index in [1.807, 2.05) is 24.3 Å². The molecule has 1 heterocycles. The van der Waals surface area contributed by atoms with Crippen molar-refractivity contribution >= 4 is 5.91 Å². The summed E-state index contributed by atoms with van der Waals surface area (Å²) >= 11 is 0. The normalized spacial score (nSPS) is 32.4. The zero-order valence-electron chi connectivity index (χ0n) is 19.0. The molecule has 1 aromatic rings. The molecule has 5 rings (SSSR count). The molecule has 2 bridgehead atoms. The van der Waals surface area contributed by atoms with E-state index in [-0.39, 0.29) is 12.5 Å². The third-order valence-corrected chi connectivity index (χ3v) is 8.26. The van der Waals surface area contributed by atoms with Gasteiger partial charge in [-0.25, -0.2) is 0 Å². The number of ether oxygens (including phenoxy) is 2. The molecular formula is C27H37NO4. The number of aliphatic hydroxyl groups is 1. The zero-order chi connectivity index (χ0) is 21.9. The smallest absolute Gasteiger partial charge is 0.286 e. The lowest BCUT2D eigenvalue weighted by molar-refractivity contribution is -0.156. The molecule has 5 atom stereocenters. The topological polar surface area (TPSA) is 67.8 Å². The van der Waals surface area contributed by atoms with Crippen LogP contribution in [0.5, 0.6) is 0 Å². The Morgan fingerprint density at radius 1 is 0.969 bits per heavy atom. The summed E-state index contributed by atoms with van der Waals surface area (Å²) in [6, 6.07) is 8.10. The molecule has 0 aromatic heterocycles. The van der Waals surface area contributed by atoms with Gasteiger partial charge in [-0.1, -0.05) is 49.9 Å². The maximum atomic E-state index is 13.2. The monoisotopic (exact) mass is 439 g/mol. The summed E-state index contributed by atoms with van der Waals surface area (Å²) in [5.74, 6) is 2.82. The lowest BCUT2D eigenvalue weighted by Crippen LogP contribution is -2.42. The average molecular weight is 440 g/mol. The highest BCUT2D eigenvalue weighted by Gasteiger charge is 2.41. The molecule has 3 unspecified atom stereocenters. The van der Waals surface area contributed by atoms with E-state index in [9.17, 15) is 9.90 Å². The summed E-state index contributed by atoms with van der Waals surface area (Å²) in [5.41, 5.74) is 1.94. The van der Waals surface area contributed by atoms with Gasteiger partial charge in [0.25, 0.3) is 5.91 Å². The summed E-state index contributed by atoms with van der Waals surface area (Å²) in [4.78, 5) is 13.2. The second kappa shape index (κ2) is 9.96. The van der Waals surface area contributed by atoms with Crippen LogP contribution in [0.2, 0.25) is 0 Å². The Labute approximate surface area is 191 Å². The molecule has 5 nitrogen and oxygen atoms in total. The predicted molar refractivity (Wildman–Crippen MR) is 122 cm³/mol. The zero-order valence-corrected chi connectivity index (χ0v) is 19.0. The Bertz CT molecular complexity index is 813. The van der Waals surface area contributed by atoms with Gasteiger partial charge in [0.15, 0.2) is 5.76 Å². The molecule has 3 saturated carbocycles. The predicted octanol–water partition coefficient (Wildman–Crippen LogP) is 4.83. The maximum Gasteiger partial charge on any atom is 0.286 e. The highest BCUT2D eigenvalue weighted by molar-refractivity contribution is 5.91. The molecule has 174 valence electrons. The van der Waals surface area contributed by atoms with Crippen LogP contribution in [0.1, 0.15) is 75.3 Å². The maximum absolute atomic E-state index is 13.2. The van der Waals surface area contributed by atoms with E-state index in [0.717, 1.165) is 29.9 Å². The quantitative estimate of drug-likeness (QED) is 0.639. The van der Waals surface area contributed by atoms with E-state index in [0.29, 0.717) is 36.2 Å². The molecule has 3 fully saturated rings. The molecule has 5 heteroatoms. The van der Waals surface area contributed by atoms with Gasteiger partial charge in [0.2, 0.25) is 6.29 Å². The number of nitrogens with one attached hydrogen (secondary N) is 1. The van der Waals surface area contributed by atoms with Crippen molar-refractivity contribution < 1.29 is 19.4 Å². The van der Waals surface area contributed by atoms with Crippen LogP contribution in [-0.4, -0.2) is 23.3 Å². The standard InChI is InChI=1S/C27H37NO4/c29-16-18-6-8-19(9-7-18)17-31-26-15-23(21-4-2-1-3-5-21)14-25(32-26)27(30)28-24-13-20-10-11-22(24)12-20/h6-9,14,20-24,26,29H,1-5,10-13,15-17H2,(H,28,30)/t20?,22?,23-,24?,26+/m0/s1. The van der Waals surface area contributed by atoms with Gasteiger partial charge in [-0.3, -0.25) is 4.79 Å². The van der Waals surface area contributed by atoms with Gasteiger partial charge in [-0.05, 0) is 73.0 Å². The molecule has 1 amide bonds. The van der Waals surface area contributed by atoms with Crippen molar-refractivity contribution in [1.29, 1.82) is 0 Å². The Morgan fingerprint density at radius 3 is 2.44 bits per heavy atom. The lowest BCUT2D eigenvalue weighted by atomic mass is 9.77. The fourth-order valence-electron chi connectivity index (χ4n) is 6.43. The summed E-state index contributed by atoms with van der Waals surface area (Å²) in [6.45, 7) is 0.483. The number of allylic oxidation sites excluding steroid dienone is 1. The molecular weight excluding hydrogens is 402 g/mol. The number of aliphatic hydroxyl groups excluding tert-OH is 1. The Balaban J connectivity index is 1.24. The number of carbonyl (C=O) groups excluding carboxylic acids is 1. The minimum atomic E-state index is -0.398. The summed E-state index contributed by atoms with van der Waals surface area (Å²) < 4.78 is 12.3. The molecule has 2 N–H and O–H groups in total. The third-order valence-electron chi connectivity index (χ3n) is 8.26. The minimum Gasteiger partial charge on any atom is -0.459 e. The van der Waals surface area contributed by atoms with E-state index < -0.39 is 6.29 Å². The number of rotatable bonds is 7. The number of carbonyl (C=O) groups is 1. The van der Waals surface area contributed by atoms with Gasteiger partial charge in [-0.15, -0.1) is 0 Å². The molecule has 0 saturated heterocycles. The van der Waals surface area contributed by atoms with Crippen LogP contribution in [0.3, 0.4) is 0 Å². The number of hydrogen-bond acceptors (Lipinski definition) is 4. The fourth-order valence-corrected chi connectivity index (χ4v) is 6.43. The molecule has 4 aliphatic rings. The summed E-state index contributed by atoms with van der Waals surface area (Å²) in [7, 11) is 0. The fraction of sp³-hybridized carbons (Fsp3) is 0.667. The van der Waals surface area contributed by atoms with Gasteiger partial charge >= 0.3 is 0 Å². The molecule has 0 radical (unpaired) electrons. The molecule has 1 aliphatic heterocycles. The van der Waals surface area contributed by atoms with E-state index >= 15 is 0 Å². The third kappa shape index (κ3) is 5.04. The van der Waals surface area contributed by atoms with Gasteiger partial charge in [0, 0.05) is 12.5 Å². The van der Waals surface area contributed by atoms with E-state index in [1.165, 1.54) is 51.4 Å². The Hall–Kier alpha value is -1.85. The van der Waals surface area contributed by atoms with E-state index in [4.69, 9.17) is 9.47 Å². The second-order valence-electron chi connectivity index (χ2n) is 10.4. The lowest BCUT2D eigenvalue weighted by Gasteiger charge is -2.35. The number of amides is 1. The largest absolute Gasteiger partial charge is 0.459 e. The Kier molecular flexibility index (Phi) is 6.84. The Morgan fingerprint density at radius 2 is 1.75 bits per heavy atom. The van der Waals surface area contributed by atoms with Crippen LogP contribution < -0.4 is 5.32 Å². The molecule has 1 aromatic carbocycles. The minimum absolute atomic E-state index is 0.0435. The highest BCUT2D eigenvalue weighted by atomic mass is 16.7. The van der Waals surface area contributed by atoms with Crippen molar-refractivity contribution in [1.82, 2.24) is 5.32 Å². The number of fused-ring (bicyclic) bond motifs is 2. The van der Waals surface area contributed by atoms with Gasteiger partial charge < -0.3 is 19.9 Å². The average Bonchev–Trinajstić information content (AvgIpc) is 3.47. The van der Waals surface area contributed by atoms with Crippen LogP contribution in [-0.2, 0) is 27.5 Å². The van der Waals surface area contributed by atoms with E-state index in [1.54, 1.807) is 0 Å². The summed E-state index contributed by atoms with van der Waals surface area (Å²) in [6.07, 6.45) is 13.9. The van der Waals surface area contributed by atoms with Gasteiger partial charge in [-0.2, -0.15) is 0 Å². The van der Waals surface area contributed by atoms with E-state index in [2.05, 4.69) is 11.4 Å². The first-order chi connectivity index (χ1) is 15.7. The number of benzene rings is 1. The molecule has 32 heavy (non-hydrogen) atoms. The molecule has 3 aliphatic carbocycles. The van der Waals surface area contributed by atoms with Crippen molar-refractivity contribution in [3.63, 3.8) is 0 Å². The van der Waals surface area contributed by atoms with Crippen LogP contribution in [0.4, 0.5) is 0 Å². The highest BCUT2D eigenvalue weighted by Crippen LogP contribution is 2.44. The first-order valence-electron chi connectivity index (χ1n) is 12.7. The SMILES string of the molecule is O=C(NC1CC2CCC1C2)C1=C[C@H](C2CCCCC2)C[C@H](OCc2ccc(CO)cc2)O1. The van der Waals surface area contributed by atoms with Crippen LogP contribution in [0.15, 0.2) is 36.1 Å². The van der Waals surface area contributed by atoms with Crippen molar-refractivity contribution in [2.45, 2.75) is 89.8 Å². The van der Waals surface area contributed by atoms with Crippen molar-refractivity contribution in [3.05, 3.63) is 47.2 Å². The van der Waals surface area contributed by atoms with Crippen molar-refractivity contribution in [3.8, 4) is 0 Å². The second-order valence-corrected chi connectivity index (χ2v) is 10.4. The first kappa shape index (κ1) is 22.0. The summed E-state index contributed by atoms with van der Waals surface area (Å²) in [5, 5.41) is 12.5. The first-order valence-corrected chi connectivity index (χ1v) is 12.7. The van der Waals surface area contributed by atoms with Crippen molar-refractivity contribution in [2.75, 3.05) is 0 Å². The number of hydrogen-bond donors (Lipinski definition) is 2. The molecule has 0 spiro atoms. The van der Waals surface area contributed by atoms with Gasteiger partial charge in [0.1, 0.15) is 0 Å². The van der Waals surface area contributed by atoms with Crippen LogP contribution in [0, 0.1) is 23.7 Å². The van der Waals surface area contributed by atoms with Crippen LogP contribution >= 0.6 is 0 Å². The van der Waals surface area contributed by atoms with Gasteiger partial charge in [0.05, 0.1) is 13.2 Å². The van der Waals surface area contributed by atoms with Crippen LogP contribution in [0.25, 0.3) is 0 Å².